The first kappa shape index (κ1) is 80.1. The number of benzene rings is 20. The summed E-state index contributed by atoms with van der Waals surface area (Å²) in [6.07, 6.45) is 0. The van der Waals surface area contributed by atoms with E-state index in [1.165, 1.54) is 189 Å². The van der Waals surface area contributed by atoms with E-state index in [2.05, 4.69) is 537 Å². The van der Waals surface area contributed by atoms with Crippen molar-refractivity contribution < 1.29 is 0 Å². The third-order valence-corrected chi connectivity index (χ3v) is 31.0. The molecule has 134 heavy (non-hydrogen) atoms. The van der Waals surface area contributed by atoms with E-state index in [0.717, 1.165) is 34.1 Å². The van der Waals surface area contributed by atoms with E-state index in [4.69, 9.17) is 0 Å². The number of anilines is 6. The average Bonchev–Trinajstić information content (AvgIpc) is 1.43. The zero-order valence-electron chi connectivity index (χ0n) is 76.1. The van der Waals surface area contributed by atoms with Crippen molar-refractivity contribution in [3.8, 4) is 89.0 Å². The zero-order chi connectivity index (χ0) is 89.8. The van der Waals surface area contributed by atoms with Crippen LogP contribution in [0.1, 0.15) is 142 Å². The van der Waals surface area contributed by atoms with Gasteiger partial charge in [0.15, 0.2) is 0 Å². The summed E-state index contributed by atoms with van der Waals surface area (Å²) in [6.45, 7) is 14.2. The molecule has 0 saturated heterocycles. The first-order chi connectivity index (χ1) is 65.8. The van der Waals surface area contributed by atoms with Crippen molar-refractivity contribution in [2.24, 2.45) is 0 Å². The first-order valence-corrected chi connectivity index (χ1v) is 47.4. The molecule has 2 heteroatoms. The van der Waals surface area contributed by atoms with Crippen LogP contribution in [0.5, 0.6) is 0 Å². The molecule has 0 fully saturated rings. The van der Waals surface area contributed by atoms with Crippen LogP contribution in [-0.4, -0.2) is 0 Å². The van der Waals surface area contributed by atoms with Gasteiger partial charge < -0.3 is 9.80 Å². The van der Waals surface area contributed by atoms with Crippen LogP contribution in [0.15, 0.2) is 485 Å². The lowest BCUT2D eigenvalue weighted by atomic mass is 9.51. The highest BCUT2D eigenvalue weighted by atomic mass is 15.2. The summed E-state index contributed by atoms with van der Waals surface area (Å²) in [5.74, 6) is 0. The lowest BCUT2D eigenvalue weighted by Gasteiger charge is -2.50. The van der Waals surface area contributed by atoms with Crippen LogP contribution < -0.4 is 9.80 Å². The molecule has 0 N–H and O–H groups in total. The maximum absolute atomic E-state index is 2.47. The predicted molar refractivity (Wildman–Crippen MR) is 558 cm³/mol. The third-order valence-electron chi connectivity index (χ3n) is 31.0. The van der Waals surface area contributed by atoms with Crippen LogP contribution in [0.4, 0.5) is 34.1 Å². The fraction of sp³-hybridized carbons (Fsp3) is 0.0909. The fourth-order valence-corrected chi connectivity index (χ4v) is 25.2. The Morgan fingerprint density at radius 1 is 0.142 bits per heavy atom. The second-order valence-corrected chi connectivity index (χ2v) is 38.7. The van der Waals surface area contributed by atoms with Gasteiger partial charge in [0.2, 0.25) is 0 Å². The highest BCUT2D eigenvalue weighted by Gasteiger charge is 2.58. The van der Waals surface area contributed by atoms with Gasteiger partial charge in [0, 0.05) is 50.1 Å². The van der Waals surface area contributed by atoms with Gasteiger partial charge >= 0.3 is 0 Å². The van der Waals surface area contributed by atoms with E-state index in [0.29, 0.717) is 0 Å². The van der Waals surface area contributed by atoms with E-state index in [1.807, 2.05) is 0 Å². The molecule has 2 spiro atoms. The summed E-state index contributed by atoms with van der Waals surface area (Å²) < 4.78 is 0. The van der Waals surface area contributed by atoms with Gasteiger partial charge in [0.1, 0.15) is 0 Å². The Morgan fingerprint density at radius 3 is 0.746 bits per heavy atom. The van der Waals surface area contributed by atoms with Crippen molar-refractivity contribution in [3.63, 3.8) is 0 Å². The van der Waals surface area contributed by atoms with Gasteiger partial charge in [0.25, 0.3) is 0 Å². The minimum atomic E-state index is -0.568. The lowest BCUT2D eigenvalue weighted by molar-refractivity contribution is 0.563. The smallest absolute Gasteiger partial charge is 0.0720 e. The van der Waals surface area contributed by atoms with Gasteiger partial charge in [0.05, 0.1) is 27.6 Å². The molecule has 20 aromatic carbocycles. The Bertz CT molecular complexity index is 7930. The van der Waals surface area contributed by atoms with Crippen LogP contribution in [0.25, 0.3) is 89.0 Å². The standard InChI is InChI=1S/C71H51N.C61H47N/c1-69(2)59-33-15-12-30-56(59)57-46-45-53(47-66(57)69)72(67-40-21-14-29-54(67)48-23-6-3-7-24-48)52-43-41-49(42-44-52)55-32-22-39-65-68(55)58-31-13-16-34-60(58)71(65)63-37-19-17-35-61(63)70(50-25-8-4-9-26-50,51-27-10-5-11-28-51)62-36-18-20-38-64(62)71;1-59(2)49-25-11-8-22-46(49)47-38-37-43(39-56(47)59)62(57-32-17-10-21-44(57)40-19-6-5-7-20-40)42-35-33-41(34-36-42)45-24-18-31-55-58(45)48-23-9-12-26-50(48)61(55)53-29-15-13-27-51(53)60(3,4)52-28-14-16-30-54(52)61/h3-47H,1-2H3;5-39H,1-4H3. The number of rotatable bonds is 12. The molecule has 0 amide bonds. The number of hydrogen-bond donors (Lipinski definition) is 0. The molecule has 26 rings (SSSR count). The van der Waals surface area contributed by atoms with Gasteiger partial charge in [-0.05, 0) is 239 Å². The average molecular weight is 1710 g/mol. The van der Waals surface area contributed by atoms with E-state index >= 15 is 0 Å². The highest BCUT2D eigenvalue weighted by Crippen LogP contribution is 2.68. The highest BCUT2D eigenvalue weighted by molar-refractivity contribution is 6.01. The Labute approximate surface area is 786 Å². The zero-order valence-corrected chi connectivity index (χ0v) is 76.1. The topological polar surface area (TPSA) is 6.48 Å². The van der Waals surface area contributed by atoms with E-state index in [1.54, 1.807) is 0 Å². The van der Waals surface area contributed by atoms with Crippen molar-refractivity contribution in [1.82, 2.24) is 0 Å². The third kappa shape index (κ3) is 11.6. The fourth-order valence-electron chi connectivity index (χ4n) is 25.2. The maximum atomic E-state index is 2.47. The van der Waals surface area contributed by atoms with Gasteiger partial charge in [-0.15, -0.1) is 0 Å². The van der Waals surface area contributed by atoms with Gasteiger partial charge in [-0.3, -0.25) is 0 Å². The number of fused-ring (bicyclic) bond motifs is 24. The summed E-state index contributed by atoms with van der Waals surface area (Å²) in [4.78, 5) is 4.93. The lowest BCUT2D eigenvalue weighted by Crippen LogP contribution is -2.44. The van der Waals surface area contributed by atoms with Crippen LogP contribution in [0.3, 0.4) is 0 Å². The summed E-state index contributed by atoms with van der Waals surface area (Å²) in [5.41, 5.74) is 49.2. The Kier molecular flexibility index (Phi) is 18.4. The molecule has 2 nitrogen and oxygen atoms in total. The maximum Gasteiger partial charge on any atom is 0.0720 e. The van der Waals surface area contributed by atoms with E-state index in [9.17, 15) is 0 Å². The molecular formula is C132H98N2. The Morgan fingerprint density at radius 2 is 0.381 bits per heavy atom. The van der Waals surface area contributed by atoms with Crippen LogP contribution in [-0.2, 0) is 32.5 Å². The van der Waals surface area contributed by atoms with Gasteiger partial charge in [-0.25, -0.2) is 0 Å². The molecule has 0 heterocycles. The van der Waals surface area contributed by atoms with Crippen LogP contribution in [0.2, 0.25) is 0 Å². The van der Waals surface area contributed by atoms with Crippen molar-refractivity contribution in [2.45, 2.75) is 74.0 Å². The van der Waals surface area contributed by atoms with Gasteiger partial charge in [-0.1, -0.05) is 466 Å². The number of nitrogens with zero attached hydrogens (tertiary/aromatic N) is 2. The predicted octanol–water partition coefficient (Wildman–Crippen LogP) is 33.7. The number of hydrogen-bond acceptors (Lipinski definition) is 2. The molecule has 0 unspecified atom stereocenters. The van der Waals surface area contributed by atoms with E-state index in [-0.39, 0.29) is 16.2 Å². The normalized spacial score (nSPS) is 14.9. The minimum Gasteiger partial charge on any atom is -0.310 e. The molecule has 6 aliphatic rings. The largest absolute Gasteiger partial charge is 0.310 e. The van der Waals surface area contributed by atoms with Crippen LogP contribution >= 0.6 is 0 Å². The number of para-hydroxylation sites is 2. The Balaban J connectivity index is 0.000000145. The molecule has 0 radical (unpaired) electrons. The quantitative estimate of drug-likeness (QED) is 0.120. The molecule has 6 aliphatic carbocycles. The molecule has 0 saturated carbocycles. The van der Waals surface area contributed by atoms with Crippen molar-refractivity contribution in [1.29, 1.82) is 0 Å². The van der Waals surface area contributed by atoms with Crippen LogP contribution in [0, 0.1) is 0 Å². The summed E-state index contributed by atoms with van der Waals surface area (Å²) >= 11 is 0. The monoisotopic (exact) mass is 1710 g/mol. The van der Waals surface area contributed by atoms with Gasteiger partial charge in [-0.2, -0.15) is 0 Å². The SMILES string of the molecule is CC1(C)c2ccccc2-c2ccc(N(c3ccc(-c4cccc5c4-c4ccccc4C54c5ccccc5C(C)(C)c5ccccc54)cc3)c3ccccc3-c3ccccc3)cc21.CC1(C)c2ccccc2-c2ccc(N(c3ccc(-c4cccc5c4-c4ccccc4C54c5ccccc5C(c5ccccc5)(c5ccccc5)c5ccccc54)cc3)c3ccccc3-c3ccccc3)cc21. The summed E-state index contributed by atoms with van der Waals surface area (Å²) in [5, 5.41) is 0. The Hall–Kier alpha value is -16.0. The molecule has 0 aromatic heterocycles. The second kappa shape index (κ2) is 30.8. The molecule has 636 valence electrons. The van der Waals surface area contributed by atoms with Crippen molar-refractivity contribution in [2.75, 3.05) is 9.80 Å². The summed E-state index contributed by atoms with van der Waals surface area (Å²) in [6, 6.07) is 182. The van der Waals surface area contributed by atoms with E-state index < -0.39 is 16.2 Å². The molecule has 0 aliphatic heterocycles. The van der Waals surface area contributed by atoms with Crippen molar-refractivity contribution in [3.05, 3.63) is 585 Å². The molecule has 0 atom stereocenters. The molecular weight excluding hydrogens is 1610 g/mol. The summed E-state index contributed by atoms with van der Waals surface area (Å²) in [7, 11) is 0. The second-order valence-electron chi connectivity index (χ2n) is 38.7. The molecule has 0 bridgehead atoms. The minimum absolute atomic E-state index is 0.118. The molecule has 20 aromatic rings. The van der Waals surface area contributed by atoms with Crippen molar-refractivity contribution >= 4 is 34.1 Å². The first-order valence-electron chi connectivity index (χ1n) is 47.4.